The van der Waals surface area contributed by atoms with Crippen LogP contribution in [-0.2, 0) is 13.6 Å². The van der Waals surface area contributed by atoms with Gasteiger partial charge in [-0.3, -0.25) is 9.89 Å². The Labute approximate surface area is 146 Å². The number of aromatic nitrogens is 3. The molecule has 0 radical (unpaired) electrons. The van der Waals surface area contributed by atoms with E-state index in [0.717, 1.165) is 5.39 Å². The summed E-state index contributed by atoms with van der Waals surface area (Å²) in [6, 6.07) is 10.1. The maximum absolute atomic E-state index is 12.7. The van der Waals surface area contributed by atoms with Crippen LogP contribution in [0.15, 0.2) is 36.4 Å². The number of carbonyl (C=O) groups excluding carboxylic acids is 1. The minimum atomic E-state index is -3.03. The van der Waals surface area contributed by atoms with E-state index in [1.807, 2.05) is 0 Å². The minimum absolute atomic E-state index is 0.0239. The van der Waals surface area contributed by atoms with Gasteiger partial charge in [0.1, 0.15) is 5.75 Å². The summed E-state index contributed by atoms with van der Waals surface area (Å²) in [5.41, 5.74) is 0.0239. The monoisotopic (exact) mass is 364 g/mol. The number of nitrogens with zero attached hydrogens (tertiary/aromatic N) is 2. The van der Waals surface area contributed by atoms with Crippen LogP contribution in [0.3, 0.4) is 0 Å². The third-order valence-corrected chi connectivity index (χ3v) is 4.05. The van der Waals surface area contributed by atoms with Crippen LogP contribution in [0.25, 0.3) is 10.8 Å². The summed E-state index contributed by atoms with van der Waals surface area (Å²) in [7, 11) is 1.70. The summed E-state index contributed by atoms with van der Waals surface area (Å²) in [5.74, 6) is -0.215. The number of rotatable bonds is 5. The fourth-order valence-electron chi connectivity index (χ4n) is 2.38. The molecule has 1 amide bonds. The van der Waals surface area contributed by atoms with Crippen molar-refractivity contribution in [3.8, 4) is 5.75 Å². The third-order valence-electron chi connectivity index (χ3n) is 3.69. The summed E-state index contributed by atoms with van der Waals surface area (Å²) < 4.78 is 31.9. The molecule has 0 bridgehead atoms. The second kappa shape index (κ2) is 6.98. The quantitative estimate of drug-likeness (QED) is 0.682. The normalized spacial score (nSPS) is 11.0. The molecule has 25 heavy (non-hydrogen) atoms. The number of benzene rings is 2. The highest BCUT2D eigenvalue weighted by atomic mass is 32.1. The number of alkyl halides is 2. The zero-order valence-electron chi connectivity index (χ0n) is 13.1. The molecular formula is C16H14F2N4O2S. The molecule has 0 aliphatic carbocycles. The first kappa shape index (κ1) is 17.0. The second-order valence-electron chi connectivity index (χ2n) is 5.26. The van der Waals surface area contributed by atoms with E-state index in [2.05, 4.69) is 20.3 Å². The largest absolute Gasteiger partial charge is 0.434 e. The number of aromatic amines is 1. The zero-order valence-corrected chi connectivity index (χ0v) is 13.9. The Balaban J connectivity index is 1.90. The Morgan fingerprint density at radius 2 is 2.04 bits per heavy atom. The molecule has 0 fully saturated rings. The minimum Gasteiger partial charge on any atom is -0.434 e. The van der Waals surface area contributed by atoms with Crippen molar-refractivity contribution >= 4 is 28.9 Å². The van der Waals surface area contributed by atoms with Crippen molar-refractivity contribution in [2.75, 3.05) is 0 Å². The van der Waals surface area contributed by atoms with E-state index in [9.17, 15) is 13.6 Å². The molecule has 3 rings (SSSR count). The molecule has 0 unspecified atom stereocenters. The molecule has 0 spiro atoms. The highest BCUT2D eigenvalue weighted by Crippen LogP contribution is 2.27. The lowest BCUT2D eigenvalue weighted by Gasteiger charge is -2.12. The molecule has 6 nitrogen and oxygen atoms in total. The summed E-state index contributed by atoms with van der Waals surface area (Å²) in [5, 5.41) is 10.7. The van der Waals surface area contributed by atoms with Gasteiger partial charge >= 0.3 is 6.61 Å². The van der Waals surface area contributed by atoms with Crippen molar-refractivity contribution in [3.05, 3.63) is 52.6 Å². The lowest BCUT2D eigenvalue weighted by molar-refractivity contribution is -0.0500. The van der Waals surface area contributed by atoms with Crippen molar-refractivity contribution in [1.29, 1.82) is 0 Å². The number of carbonyl (C=O) groups is 1. The van der Waals surface area contributed by atoms with Crippen molar-refractivity contribution in [1.82, 2.24) is 20.1 Å². The van der Waals surface area contributed by atoms with Crippen molar-refractivity contribution in [3.63, 3.8) is 0 Å². The lowest BCUT2D eigenvalue weighted by atomic mass is 10.1. The highest BCUT2D eigenvalue weighted by Gasteiger charge is 2.17. The van der Waals surface area contributed by atoms with Crippen molar-refractivity contribution in [2.24, 2.45) is 7.05 Å². The van der Waals surface area contributed by atoms with E-state index in [1.54, 1.807) is 35.9 Å². The number of ether oxygens (including phenoxy) is 1. The second-order valence-corrected chi connectivity index (χ2v) is 5.65. The SMILES string of the molecule is Cn1c(CNC(=O)c2cc3ccccc3cc2OC(F)F)n[nH]c1=S. The van der Waals surface area contributed by atoms with Crippen LogP contribution >= 0.6 is 12.2 Å². The van der Waals surface area contributed by atoms with E-state index in [1.165, 1.54) is 12.1 Å². The van der Waals surface area contributed by atoms with Gasteiger partial charge in [0, 0.05) is 7.05 Å². The van der Waals surface area contributed by atoms with Gasteiger partial charge in [-0.25, -0.2) is 0 Å². The fourth-order valence-corrected chi connectivity index (χ4v) is 2.53. The summed E-state index contributed by atoms with van der Waals surface area (Å²) in [6.07, 6.45) is 0. The van der Waals surface area contributed by atoms with Gasteiger partial charge in [0.15, 0.2) is 10.6 Å². The van der Waals surface area contributed by atoms with E-state index in [-0.39, 0.29) is 17.9 Å². The predicted molar refractivity (Wildman–Crippen MR) is 90.1 cm³/mol. The first-order valence-corrected chi connectivity index (χ1v) is 7.72. The molecule has 1 aromatic heterocycles. The highest BCUT2D eigenvalue weighted by molar-refractivity contribution is 7.71. The van der Waals surface area contributed by atoms with Crippen LogP contribution in [0, 0.1) is 4.77 Å². The Hall–Kier alpha value is -2.81. The molecule has 9 heteroatoms. The van der Waals surface area contributed by atoms with Crippen LogP contribution in [0.5, 0.6) is 5.75 Å². The lowest BCUT2D eigenvalue weighted by Crippen LogP contribution is -2.25. The van der Waals surface area contributed by atoms with Crippen LogP contribution in [0.2, 0.25) is 0 Å². The van der Waals surface area contributed by atoms with Gasteiger partial charge in [0.25, 0.3) is 5.91 Å². The Bertz CT molecular complexity index is 984. The van der Waals surface area contributed by atoms with Gasteiger partial charge in [-0.05, 0) is 35.1 Å². The van der Waals surface area contributed by atoms with E-state index in [4.69, 9.17) is 12.2 Å². The number of amides is 1. The van der Waals surface area contributed by atoms with E-state index in [0.29, 0.717) is 16.0 Å². The summed E-state index contributed by atoms with van der Waals surface area (Å²) >= 11 is 5.00. The smallest absolute Gasteiger partial charge is 0.387 e. The summed E-state index contributed by atoms with van der Waals surface area (Å²) in [4.78, 5) is 12.5. The van der Waals surface area contributed by atoms with E-state index >= 15 is 0 Å². The standard InChI is InChI=1S/C16H14F2N4O2S/c1-22-13(20-21-16(22)25)8-19-14(23)11-6-9-4-2-3-5-10(9)7-12(11)24-15(17)18/h2-7,15H,8H2,1H3,(H,19,23)(H,21,25). The van der Waals surface area contributed by atoms with E-state index < -0.39 is 12.5 Å². The molecule has 2 N–H and O–H groups in total. The molecular weight excluding hydrogens is 350 g/mol. The number of fused-ring (bicyclic) bond motifs is 1. The van der Waals surface area contributed by atoms with Crippen LogP contribution in [0.1, 0.15) is 16.2 Å². The molecule has 3 aromatic rings. The number of nitrogens with one attached hydrogen (secondary N) is 2. The third kappa shape index (κ3) is 3.66. The zero-order chi connectivity index (χ0) is 18.0. The first-order valence-electron chi connectivity index (χ1n) is 7.32. The van der Waals surface area contributed by atoms with Crippen LogP contribution in [-0.4, -0.2) is 27.3 Å². The molecule has 1 heterocycles. The number of halogens is 2. The first-order chi connectivity index (χ1) is 12.0. The Morgan fingerprint density at radius 3 is 2.64 bits per heavy atom. The molecule has 2 aromatic carbocycles. The predicted octanol–water partition coefficient (Wildman–Crippen LogP) is 3.16. The Kier molecular flexibility index (Phi) is 4.75. The molecule has 0 aliphatic rings. The van der Waals surface area contributed by atoms with Gasteiger partial charge in [-0.2, -0.15) is 13.9 Å². The maximum atomic E-state index is 12.7. The number of hydrogen-bond donors (Lipinski definition) is 2. The fraction of sp³-hybridized carbons (Fsp3) is 0.188. The summed E-state index contributed by atoms with van der Waals surface area (Å²) in [6.45, 7) is -2.94. The molecule has 0 saturated heterocycles. The molecule has 130 valence electrons. The molecule has 0 aliphatic heterocycles. The van der Waals surface area contributed by atoms with Gasteiger partial charge in [-0.1, -0.05) is 24.3 Å². The number of hydrogen-bond acceptors (Lipinski definition) is 4. The van der Waals surface area contributed by atoms with Gasteiger partial charge < -0.3 is 14.6 Å². The Morgan fingerprint density at radius 1 is 1.36 bits per heavy atom. The van der Waals surface area contributed by atoms with Crippen LogP contribution in [0.4, 0.5) is 8.78 Å². The molecule has 0 atom stereocenters. The number of H-pyrrole nitrogens is 1. The topological polar surface area (TPSA) is 71.9 Å². The van der Waals surface area contributed by atoms with Crippen molar-refractivity contribution < 1.29 is 18.3 Å². The average molecular weight is 364 g/mol. The van der Waals surface area contributed by atoms with Gasteiger partial charge in [0.05, 0.1) is 12.1 Å². The maximum Gasteiger partial charge on any atom is 0.387 e. The van der Waals surface area contributed by atoms with Gasteiger partial charge in [0.2, 0.25) is 0 Å². The van der Waals surface area contributed by atoms with Crippen molar-refractivity contribution in [2.45, 2.75) is 13.2 Å². The van der Waals surface area contributed by atoms with Crippen LogP contribution < -0.4 is 10.1 Å². The molecule has 0 saturated carbocycles. The van der Waals surface area contributed by atoms with Gasteiger partial charge in [-0.15, -0.1) is 0 Å². The average Bonchev–Trinajstić information content (AvgIpc) is 2.90.